The van der Waals surface area contributed by atoms with Gasteiger partial charge in [0.2, 0.25) is 0 Å². The van der Waals surface area contributed by atoms with Gasteiger partial charge in [0, 0.05) is 29.5 Å². The van der Waals surface area contributed by atoms with Gasteiger partial charge in [-0.05, 0) is 67.9 Å². The van der Waals surface area contributed by atoms with Gasteiger partial charge < -0.3 is 25.7 Å². The van der Waals surface area contributed by atoms with Crippen LogP contribution in [0.4, 0.5) is 16.2 Å². The predicted molar refractivity (Wildman–Crippen MR) is 118 cm³/mol. The number of furan rings is 1. The lowest BCUT2D eigenvalue weighted by molar-refractivity contribution is 0.0950. The minimum Gasteiger partial charge on any atom is -0.459 e. The molecule has 3 rings (SSSR count). The highest BCUT2D eigenvalue weighted by atomic mass is 16.3. The van der Waals surface area contributed by atoms with E-state index in [9.17, 15) is 14.4 Å². The number of amides is 4. The van der Waals surface area contributed by atoms with E-state index in [0.717, 1.165) is 5.56 Å². The zero-order valence-corrected chi connectivity index (χ0v) is 17.3. The van der Waals surface area contributed by atoms with Gasteiger partial charge in [-0.2, -0.15) is 0 Å². The SMILES string of the molecule is CC(C)NC(=O)Nc1ccc(C(=O)NCc2ccc(NC(=O)c3ccco3)cc2)cc1. The topological polar surface area (TPSA) is 112 Å². The van der Waals surface area contributed by atoms with E-state index in [1.54, 1.807) is 48.5 Å². The second-order valence-corrected chi connectivity index (χ2v) is 7.14. The molecule has 0 atom stereocenters. The summed E-state index contributed by atoms with van der Waals surface area (Å²) < 4.78 is 5.06. The summed E-state index contributed by atoms with van der Waals surface area (Å²) in [5, 5.41) is 11.0. The van der Waals surface area contributed by atoms with E-state index >= 15 is 0 Å². The highest BCUT2D eigenvalue weighted by Gasteiger charge is 2.09. The molecule has 0 radical (unpaired) electrons. The Morgan fingerprint density at radius 1 is 0.839 bits per heavy atom. The lowest BCUT2D eigenvalue weighted by atomic mass is 10.1. The van der Waals surface area contributed by atoms with Gasteiger partial charge in [0.15, 0.2) is 5.76 Å². The van der Waals surface area contributed by atoms with Crippen molar-refractivity contribution in [3.05, 3.63) is 83.8 Å². The molecule has 8 nitrogen and oxygen atoms in total. The lowest BCUT2D eigenvalue weighted by Gasteiger charge is -2.11. The van der Waals surface area contributed by atoms with Crippen molar-refractivity contribution in [2.24, 2.45) is 0 Å². The molecule has 160 valence electrons. The first kappa shape index (κ1) is 21.6. The van der Waals surface area contributed by atoms with Crippen molar-refractivity contribution >= 4 is 29.2 Å². The minimum absolute atomic E-state index is 0.0337. The quantitative estimate of drug-likeness (QED) is 0.463. The molecule has 0 fully saturated rings. The summed E-state index contributed by atoms with van der Waals surface area (Å²) in [6.07, 6.45) is 1.44. The van der Waals surface area contributed by atoms with E-state index in [2.05, 4.69) is 21.3 Å². The maximum absolute atomic E-state index is 12.4. The number of nitrogens with one attached hydrogen (secondary N) is 4. The fraction of sp³-hybridized carbons (Fsp3) is 0.174. The van der Waals surface area contributed by atoms with Crippen LogP contribution < -0.4 is 21.3 Å². The molecule has 1 aromatic heterocycles. The maximum atomic E-state index is 12.4. The van der Waals surface area contributed by atoms with Crippen LogP contribution in [0.1, 0.15) is 40.3 Å². The summed E-state index contributed by atoms with van der Waals surface area (Å²) in [4.78, 5) is 36.1. The maximum Gasteiger partial charge on any atom is 0.319 e. The highest BCUT2D eigenvalue weighted by Crippen LogP contribution is 2.13. The first-order valence-electron chi connectivity index (χ1n) is 9.80. The molecule has 31 heavy (non-hydrogen) atoms. The van der Waals surface area contributed by atoms with Crippen LogP contribution in [0, 0.1) is 0 Å². The van der Waals surface area contributed by atoms with Crippen LogP contribution in [0.25, 0.3) is 0 Å². The van der Waals surface area contributed by atoms with Gasteiger partial charge in [-0.3, -0.25) is 9.59 Å². The summed E-state index contributed by atoms with van der Waals surface area (Å²) in [6, 6.07) is 16.8. The Morgan fingerprint density at radius 2 is 1.48 bits per heavy atom. The number of rotatable bonds is 7. The van der Waals surface area contributed by atoms with Crippen molar-refractivity contribution in [1.29, 1.82) is 0 Å². The molecule has 0 aliphatic carbocycles. The summed E-state index contributed by atoms with van der Waals surface area (Å²) >= 11 is 0. The first-order chi connectivity index (χ1) is 14.9. The van der Waals surface area contributed by atoms with Crippen LogP contribution in [0.15, 0.2) is 71.3 Å². The average molecular weight is 420 g/mol. The van der Waals surface area contributed by atoms with Crippen molar-refractivity contribution in [1.82, 2.24) is 10.6 Å². The van der Waals surface area contributed by atoms with Crippen LogP contribution in [-0.4, -0.2) is 23.9 Å². The molecule has 8 heteroatoms. The van der Waals surface area contributed by atoms with E-state index in [4.69, 9.17) is 4.42 Å². The Balaban J connectivity index is 1.48. The normalized spacial score (nSPS) is 10.4. The van der Waals surface area contributed by atoms with E-state index in [0.29, 0.717) is 23.5 Å². The second kappa shape index (κ2) is 10.1. The molecule has 0 aliphatic heterocycles. The van der Waals surface area contributed by atoms with Crippen molar-refractivity contribution in [2.75, 3.05) is 10.6 Å². The molecule has 4 N–H and O–H groups in total. The fourth-order valence-corrected chi connectivity index (χ4v) is 2.73. The molecular formula is C23H24N4O4. The molecule has 0 saturated heterocycles. The third-order valence-electron chi connectivity index (χ3n) is 4.23. The zero-order valence-electron chi connectivity index (χ0n) is 17.3. The number of hydrogen-bond acceptors (Lipinski definition) is 4. The van der Waals surface area contributed by atoms with Crippen LogP contribution in [0.3, 0.4) is 0 Å². The summed E-state index contributed by atoms with van der Waals surface area (Å²) in [5.41, 5.74) is 2.59. The minimum atomic E-state index is -0.328. The van der Waals surface area contributed by atoms with Gasteiger partial charge in [0.1, 0.15) is 0 Å². The zero-order chi connectivity index (χ0) is 22.2. The van der Waals surface area contributed by atoms with Gasteiger partial charge in [-0.15, -0.1) is 0 Å². The molecule has 0 unspecified atom stereocenters. The average Bonchev–Trinajstić information content (AvgIpc) is 3.28. The molecule has 2 aromatic carbocycles. The van der Waals surface area contributed by atoms with E-state index in [-0.39, 0.29) is 29.6 Å². The molecule has 3 aromatic rings. The molecule has 0 saturated carbocycles. The van der Waals surface area contributed by atoms with E-state index in [1.807, 2.05) is 26.0 Å². The Labute approximate surface area is 180 Å². The number of urea groups is 1. The molecule has 4 amide bonds. The number of carbonyl (C=O) groups is 3. The summed E-state index contributed by atoms with van der Waals surface area (Å²) in [6.45, 7) is 4.08. The monoisotopic (exact) mass is 420 g/mol. The standard InChI is InChI=1S/C23H24N4O4/c1-15(2)25-23(30)27-19-11-7-17(8-12-19)21(28)24-14-16-5-9-18(10-6-16)26-22(29)20-4-3-13-31-20/h3-13,15H,14H2,1-2H3,(H,24,28)(H,26,29)(H2,25,27,30). The van der Waals surface area contributed by atoms with Crippen LogP contribution >= 0.6 is 0 Å². The van der Waals surface area contributed by atoms with Crippen molar-refractivity contribution in [3.63, 3.8) is 0 Å². The van der Waals surface area contributed by atoms with E-state index in [1.165, 1.54) is 6.26 Å². The first-order valence-corrected chi connectivity index (χ1v) is 9.80. The number of hydrogen-bond donors (Lipinski definition) is 4. The lowest BCUT2D eigenvalue weighted by Crippen LogP contribution is -2.34. The van der Waals surface area contributed by atoms with E-state index < -0.39 is 0 Å². The number of carbonyl (C=O) groups excluding carboxylic acids is 3. The van der Waals surface area contributed by atoms with Gasteiger partial charge in [-0.25, -0.2) is 4.79 Å². The Morgan fingerprint density at radius 3 is 2.10 bits per heavy atom. The van der Waals surface area contributed by atoms with Gasteiger partial charge in [0.25, 0.3) is 11.8 Å². The van der Waals surface area contributed by atoms with Crippen LogP contribution in [-0.2, 0) is 6.54 Å². The Hall–Kier alpha value is -4.07. The Kier molecular flexibility index (Phi) is 7.05. The van der Waals surface area contributed by atoms with Crippen molar-refractivity contribution < 1.29 is 18.8 Å². The molecule has 0 aliphatic rings. The number of anilines is 2. The second-order valence-electron chi connectivity index (χ2n) is 7.14. The summed E-state index contributed by atoms with van der Waals surface area (Å²) in [5.74, 6) is -0.322. The summed E-state index contributed by atoms with van der Waals surface area (Å²) in [7, 11) is 0. The van der Waals surface area contributed by atoms with Gasteiger partial charge in [0.05, 0.1) is 6.26 Å². The third-order valence-corrected chi connectivity index (χ3v) is 4.23. The van der Waals surface area contributed by atoms with Gasteiger partial charge >= 0.3 is 6.03 Å². The molecular weight excluding hydrogens is 396 g/mol. The molecule has 0 bridgehead atoms. The van der Waals surface area contributed by atoms with Crippen LogP contribution in [0.5, 0.6) is 0 Å². The van der Waals surface area contributed by atoms with Gasteiger partial charge in [-0.1, -0.05) is 12.1 Å². The smallest absolute Gasteiger partial charge is 0.319 e. The largest absolute Gasteiger partial charge is 0.459 e. The fourth-order valence-electron chi connectivity index (χ4n) is 2.73. The number of benzene rings is 2. The van der Waals surface area contributed by atoms with Crippen LogP contribution in [0.2, 0.25) is 0 Å². The Bertz CT molecular complexity index is 1030. The van der Waals surface area contributed by atoms with Crippen molar-refractivity contribution in [2.45, 2.75) is 26.4 Å². The highest BCUT2D eigenvalue weighted by molar-refractivity contribution is 6.02. The molecule has 1 heterocycles. The molecule has 0 spiro atoms. The van der Waals surface area contributed by atoms with Crippen molar-refractivity contribution in [3.8, 4) is 0 Å². The predicted octanol–water partition coefficient (Wildman–Crippen LogP) is 3.99. The third kappa shape index (κ3) is 6.46.